The number of ether oxygens (including phenoxy) is 1. The van der Waals surface area contributed by atoms with E-state index in [2.05, 4.69) is 21.0 Å². The highest BCUT2D eigenvalue weighted by molar-refractivity contribution is 9.10. The molecule has 2 aromatic rings. The smallest absolute Gasteiger partial charge is 0.282 e. The third-order valence-corrected chi connectivity index (χ3v) is 4.46. The molecule has 0 bridgehead atoms. The van der Waals surface area contributed by atoms with E-state index in [4.69, 9.17) is 4.74 Å². The first-order valence-electron chi connectivity index (χ1n) is 6.90. The van der Waals surface area contributed by atoms with Crippen molar-refractivity contribution in [3.8, 4) is 0 Å². The van der Waals surface area contributed by atoms with Crippen LogP contribution in [0.2, 0.25) is 0 Å². The number of halogens is 2. The van der Waals surface area contributed by atoms with Gasteiger partial charge in [-0.2, -0.15) is 5.10 Å². The van der Waals surface area contributed by atoms with Gasteiger partial charge in [-0.25, -0.2) is 9.07 Å². The van der Waals surface area contributed by atoms with Crippen molar-refractivity contribution in [2.24, 2.45) is 7.05 Å². The molecule has 1 fully saturated rings. The van der Waals surface area contributed by atoms with Gasteiger partial charge in [-0.3, -0.25) is 4.79 Å². The average molecular weight is 368 g/mol. The van der Waals surface area contributed by atoms with Crippen molar-refractivity contribution in [3.05, 3.63) is 56.7 Å². The summed E-state index contributed by atoms with van der Waals surface area (Å²) in [7, 11) is 1.60. The largest absolute Gasteiger partial charge is 0.370 e. The first-order valence-corrected chi connectivity index (χ1v) is 7.70. The summed E-state index contributed by atoms with van der Waals surface area (Å²) >= 11 is 3.33. The Bertz CT molecular complexity index is 750. The van der Waals surface area contributed by atoms with E-state index in [0.29, 0.717) is 35.4 Å². The van der Waals surface area contributed by atoms with Crippen LogP contribution in [0.5, 0.6) is 0 Å². The molecule has 0 spiro atoms. The van der Waals surface area contributed by atoms with Crippen molar-refractivity contribution in [2.45, 2.75) is 6.10 Å². The predicted molar refractivity (Wildman–Crippen MR) is 84.5 cm³/mol. The van der Waals surface area contributed by atoms with Gasteiger partial charge in [-0.15, -0.1) is 0 Å². The van der Waals surface area contributed by atoms with Crippen LogP contribution in [-0.2, 0) is 11.8 Å². The molecule has 0 radical (unpaired) electrons. The van der Waals surface area contributed by atoms with Crippen LogP contribution < -0.4 is 10.5 Å². The van der Waals surface area contributed by atoms with Gasteiger partial charge in [0.25, 0.3) is 5.56 Å². The topological polar surface area (TPSA) is 47.4 Å². The van der Waals surface area contributed by atoms with Gasteiger partial charge in [0.05, 0.1) is 18.5 Å². The van der Waals surface area contributed by atoms with E-state index in [1.54, 1.807) is 31.4 Å². The van der Waals surface area contributed by atoms with Crippen LogP contribution in [0.3, 0.4) is 0 Å². The number of aromatic nitrogens is 2. The maximum absolute atomic E-state index is 13.9. The summed E-state index contributed by atoms with van der Waals surface area (Å²) in [4.78, 5) is 14.0. The first-order chi connectivity index (χ1) is 10.6. The number of benzene rings is 1. The van der Waals surface area contributed by atoms with Crippen molar-refractivity contribution in [2.75, 3.05) is 24.6 Å². The van der Waals surface area contributed by atoms with E-state index in [9.17, 15) is 9.18 Å². The van der Waals surface area contributed by atoms with Gasteiger partial charge in [-0.1, -0.05) is 18.2 Å². The van der Waals surface area contributed by atoms with Crippen LogP contribution >= 0.6 is 15.9 Å². The second-order valence-electron chi connectivity index (χ2n) is 5.10. The van der Waals surface area contributed by atoms with Gasteiger partial charge >= 0.3 is 0 Å². The Morgan fingerprint density at radius 3 is 2.95 bits per heavy atom. The summed E-state index contributed by atoms with van der Waals surface area (Å²) in [6.07, 6.45) is 1.26. The highest BCUT2D eigenvalue weighted by Gasteiger charge is 2.26. The summed E-state index contributed by atoms with van der Waals surface area (Å²) in [6, 6.07) is 6.59. The lowest BCUT2D eigenvalue weighted by Crippen LogP contribution is -2.40. The normalized spacial score (nSPS) is 18.5. The monoisotopic (exact) mass is 367 g/mol. The van der Waals surface area contributed by atoms with E-state index >= 15 is 0 Å². The Morgan fingerprint density at radius 1 is 1.41 bits per heavy atom. The molecule has 0 N–H and O–H groups in total. The first kappa shape index (κ1) is 15.2. The van der Waals surface area contributed by atoms with Gasteiger partial charge in [0.15, 0.2) is 0 Å². The Kier molecular flexibility index (Phi) is 4.26. The molecule has 1 aliphatic rings. The molecule has 1 aromatic carbocycles. The SMILES string of the molecule is Cn1ncc(N2CCOC(c3ccccc3F)C2)c(Br)c1=O. The van der Waals surface area contributed by atoms with Gasteiger partial charge < -0.3 is 9.64 Å². The molecular formula is C15H15BrFN3O2. The minimum Gasteiger partial charge on any atom is -0.370 e. The van der Waals surface area contributed by atoms with Crippen molar-refractivity contribution in [1.29, 1.82) is 0 Å². The third kappa shape index (κ3) is 2.78. The number of nitrogens with zero attached hydrogens (tertiary/aromatic N) is 3. The highest BCUT2D eigenvalue weighted by Crippen LogP contribution is 2.29. The van der Waals surface area contributed by atoms with Crippen molar-refractivity contribution in [1.82, 2.24) is 9.78 Å². The lowest BCUT2D eigenvalue weighted by Gasteiger charge is -2.35. The van der Waals surface area contributed by atoms with Crippen molar-refractivity contribution in [3.63, 3.8) is 0 Å². The summed E-state index contributed by atoms with van der Waals surface area (Å²) in [6.45, 7) is 1.55. The number of aryl methyl sites for hydroxylation is 1. The molecule has 1 atom stereocenters. The van der Waals surface area contributed by atoms with Crippen molar-refractivity contribution >= 4 is 21.6 Å². The fraction of sp³-hybridized carbons (Fsp3) is 0.333. The van der Waals surface area contributed by atoms with Gasteiger partial charge in [0.1, 0.15) is 16.4 Å². The van der Waals surface area contributed by atoms with Crippen LogP contribution in [0.15, 0.2) is 39.7 Å². The van der Waals surface area contributed by atoms with Crippen LogP contribution in [0.4, 0.5) is 10.1 Å². The molecule has 1 unspecified atom stereocenters. The fourth-order valence-electron chi connectivity index (χ4n) is 2.51. The Morgan fingerprint density at radius 2 is 2.18 bits per heavy atom. The Hall–Kier alpha value is -1.73. The number of hydrogen-bond donors (Lipinski definition) is 0. The molecule has 5 nitrogen and oxygen atoms in total. The number of rotatable bonds is 2. The molecule has 1 saturated heterocycles. The van der Waals surface area contributed by atoms with Crippen LogP contribution in [0, 0.1) is 5.82 Å². The zero-order valence-corrected chi connectivity index (χ0v) is 13.6. The summed E-state index contributed by atoms with van der Waals surface area (Å²) < 4.78 is 21.3. The third-order valence-electron chi connectivity index (χ3n) is 3.72. The molecule has 1 aliphatic heterocycles. The van der Waals surface area contributed by atoms with Crippen LogP contribution in [-0.4, -0.2) is 29.5 Å². The van der Waals surface area contributed by atoms with E-state index in [1.165, 1.54) is 10.7 Å². The second-order valence-corrected chi connectivity index (χ2v) is 5.89. The maximum Gasteiger partial charge on any atom is 0.282 e. The average Bonchev–Trinajstić information content (AvgIpc) is 2.53. The molecule has 22 heavy (non-hydrogen) atoms. The van der Waals surface area contributed by atoms with Crippen LogP contribution in [0.25, 0.3) is 0 Å². The van der Waals surface area contributed by atoms with Gasteiger partial charge in [0.2, 0.25) is 0 Å². The molecule has 7 heteroatoms. The Balaban J connectivity index is 1.90. The van der Waals surface area contributed by atoms with E-state index < -0.39 is 0 Å². The molecule has 1 aromatic heterocycles. The molecule has 2 heterocycles. The quantitative estimate of drug-likeness (QED) is 0.816. The summed E-state index contributed by atoms with van der Waals surface area (Å²) in [5, 5.41) is 4.05. The van der Waals surface area contributed by atoms with Gasteiger partial charge in [-0.05, 0) is 22.0 Å². The standard InChI is InChI=1S/C15H15BrFN3O2/c1-19-15(21)14(16)12(8-18-19)20-6-7-22-13(9-20)10-4-2-3-5-11(10)17/h2-5,8,13H,6-7,9H2,1H3. The van der Waals surface area contributed by atoms with E-state index in [1.807, 2.05) is 4.90 Å². The predicted octanol–water partition coefficient (Wildman–Crippen LogP) is 2.26. The summed E-state index contributed by atoms with van der Waals surface area (Å²) in [5.74, 6) is -0.282. The maximum atomic E-state index is 13.9. The molecule has 0 amide bonds. The van der Waals surface area contributed by atoms with Crippen molar-refractivity contribution < 1.29 is 9.13 Å². The molecule has 3 rings (SSSR count). The summed E-state index contributed by atoms with van der Waals surface area (Å²) in [5.41, 5.74) is 1.03. The molecule has 0 aliphatic carbocycles. The minimum atomic E-state index is -0.370. The minimum absolute atomic E-state index is 0.202. The number of morpholine rings is 1. The molecular weight excluding hydrogens is 353 g/mol. The molecule has 116 valence electrons. The lowest BCUT2D eigenvalue weighted by atomic mass is 10.1. The highest BCUT2D eigenvalue weighted by atomic mass is 79.9. The van der Waals surface area contributed by atoms with E-state index in [-0.39, 0.29) is 17.5 Å². The fourth-order valence-corrected chi connectivity index (χ4v) is 3.12. The lowest BCUT2D eigenvalue weighted by molar-refractivity contribution is 0.0374. The zero-order chi connectivity index (χ0) is 15.7. The number of anilines is 1. The molecule has 0 saturated carbocycles. The zero-order valence-electron chi connectivity index (χ0n) is 12.0. The second kappa shape index (κ2) is 6.18. The number of hydrogen-bond acceptors (Lipinski definition) is 4. The van der Waals surface area contributed by atoms with Crippen LogP contribution in [0.1, 0.15) is 11.7 Å². The van der Waals surface area contributed by atoms with Gasteiger partial charge in [0, 0.05) is 25.7 Å². The van der Waals surface area contributed by atoms with E-state index in [0.717, 1.165) is 0 Å². The Labute approximate surface area is 135 Å².